The van der Waals surface area contributed by atoms with Gasteiger partial charge in [-0.2, -0.15) is 0 Å². The summed E-state index contributed by atoms with van der Waals surface area (Å²) in [6.45, 7) is 5.38. The summed E-state index contributed by atoms with van der Waals surface area (Å²) in [5, 5.41) is 4.12. The molecule has 0 bridgehead atoms. The average Bonchev–Trinajstić information content (AvgIpc) is 3.32. The lowest BCUT2D eigenvalue weighted by Crippen LogP contribution is -2.30. The van der Waals surface area contributed by atoms with Gasteiger partial charge in [-0.15, -0.1) is 0 Å². The number of carbonyl (C=O) groups excluding carboxylic acids is 1. The highest BCUT2D eigenvalue weighted by atomic mass is 16.2. The maximum absolute atomic E-state index is 12.7. The quantitative estimate of drug-likeness (QED) is 0.557. The Morgan fingerprint density at radius 2 is 2.04 bits per heavy atom. The lowest BCUT2D eigenvalue weighted by atomic mass is 10.1. The van der Waals surface area contributed by atoms with Crippen LogP contribution in [0.25, 0.3) is 33.3 Å². The second kappa shape index (κ2) is 6.99. The van der Waals surface area contributed by atoms with Crippen LogP contribution in [0.4, 0.5) is 5.82 Å². The summed E-state index contributed by atoms with van der Waals surface area (Å²) in [5.41, 5.74) is 5.22. The van der Waals surface area contributed by atoms with E-state index in [0.29, 0.717) is 18.7 Å². The van der Waals surface area contributed by atoms with E-state index in [0.717, 1.165) is 39.1 Å². The number of fused-ring (bicyclic) bond motifs is 3. The molecule has 3 heterocycles. The summed E-state index contributed by atoms with van der Waals surface area (Å²) >= 11 is 0. The molecule has 2 N–H and O–H groups in total. The molecule has 0 fully saturated rings. The fourth-order valence-electron chi connectivity index (χ4n) is 3.64. The number of H-pyrrole nitrogens is 1. The molecule has 0 aliphatic carbocycles. The number of anilines is 1. The molecule has 0 saturated carbocycles. The highest BCUT2D eigenvalue weighted by Crippen LogP contribution is 2.31. The van der Waals surface area contributed by atoms with Gasteiger partial charge in [0.15, 0.2) is 5.82 Å². The summed E-state index contributed by atoms with van der Waals surface area (Å²) in [5.74, 6) is 0.787. The summed E-state index contributed by atoms with van der Waals surface area (Å²) < 4.78 is 2.00. The van der Waals surface area contributed by atoms with Crippen LogP contribution in [0.2, 0.25) is 0 Å². The lowest BCUT2D eigenvalue weighted by molar-refractivity contribution is 0.0773. The first kappa shape index (κ1) is 18.0. The van der Waals surface area contributed by atoms with Crippen molar-refractivity contribution in [1.82, 2.24) is 24.4 Å². The standard InChI is InChI=1S/C21H24N6O/c1-5-27(6-2)21(28)14-9-7-8-13(10-14)16-11-15-18-17(23-12-26(18)4)20(22-3)25-19(15)24-16/h7-12H,5-6H2,1-4H3,(H2,22,24,25). The molecule has 0 unspecified atom stereocenters. The molecule has 0 radical (unpaired) electrons. The smallest absolute Gasteiger partial charge is 0.253 e. The van der Waals surface area contributed by atoms with Gasteiger partial charge in [0.05, 0.1) is 11.8 Å². The van der Waals surface area contributed by atoms with Crippen LogP contribution in [0.15, 0.2) is 36.7 Å². The Balaban J connectivity index is 1.84. The molecule has 0 atom stereocenters. The number of rotatable bonds is 5. The van der Waals surface area contributed by atoms with Crippen LogP contribution >= 0.6 is 0 Å². The number of aryl methyl sites for hydroxylation is 1. The van der Waals surface area contributed by atoms with E-state index in [2.05, 4.69) is 26.3 Å². The van der Waals surface area contributed by atoms with Crippen molar-refractivity contribution in [1.29, 1.82) is 0 Å². The van der Waals surface area contributed by atoms with Crippen LogP contribution in [-0.2, 0) is 7.05 Å². The zero-order valence-corrected chi connectivity index (χ0v) is 16.6. The minimum atomic E-state index is 0.0487. The Bertz CT molecular complexity index is 1170. The molecule has 4 rings (SSSR count). The number of aromatic amines is 1. The normalized spacial score (nSPS) is 11.3. The molecular formula is C21H24N6O. The molecule has 3 aromatic heterocycles. The van der Waals surface area contributed by atoms with Crippen LogP contribution < -0.4 is 5.32 Å². The Morgan fingerprint density at radius 1 is 1.25 bits per heavy atom. The number of amides is 1. The molecule has 1 amide bonds. The van der Waals surface area contributed by atoms with Crippen molar-refractivity contribution in [3.8, 4) is 11.3 Å². The first-order valence-corrected chi connectivity index (χ1v) is 9.48. The maximum Gasteiger partial charge on any atom is 0.253 e. The molecule has 144 valence electrons. The third-order valence-corrected chi connectivity index (χ3v) is 5.14. The maximum atomic E-state index is 12.7. The number of nitrogens with one attached hydrogen (secondary N) is 2. The topological polar surface area (TPSA) is 78.8 Å². The largest absolute Gasteiger partial charge is 0.371 e. The number of carbonyl (C=O) groups is 1. The summed E-state index contributed by atoms with van der Waals surface area (Å²) in [6.07, 6.45) is 1.79. The van der Waals surface area contributed by atoms with Crippen LogP contribution in [0.5, 0.6) is 0 Å². The average molecular weight is 376 g/mol. The van der Waals surface area contributed by atoms with Gasteiger partial charge < -0.3 is 19.8 Å². The molecule has 0 aliphatic rings. The number of pyridine rings is 1. The fourth-order valence-corrected chi connectivity index (χ4v) is 3.64. The monoisotopic (exact) mass is 376 g/mol. The van der Waals surface area contributed by atoms with Gasteiger partial charge in [-0.25, -0.2) is 9.97 Å². The predicted molar refractivity (Wildman–Crippen MR) is 113 cm³/mol. The van der Waals surface area contributed by atoms with E-state index in [1.165, 1.54) is 0 Å². The van der Waals surface area contributed by atoms with E-state index in [1.807, 2.05) is 61.7 Å². The molecule has 28 heavy (non-hydrogen) atoms. The van der Waals surface area contributed by atoms with Gasteiger partial charge in [0.2, 0.25) is 0 Å². The van der Waals surface area contributed by atoms with E-state index in [4.69, 9.17) is 0 Å². The molecule has 7 nitrogen and oxygen atoms in total. The van der Waals surface area contributed by atoms with Crippen molar-refractivity contribution < 1.29 is 4.79 Å². The Hall–Kier alpha value is -3.35. The summed E-state index contributed by atoms with van der Waals surface area (Å²) in [6, 6.07) is 9.80. The van der Waals surface area contributed by atoms with Crippen LogP contribution in [0.3, 0.4) is 0 Å². The number of hydrogen-bond acceptors (Lipinski definition) is 4. The Kier molecular flexibility index (Phi) is 4.50. The van der Waals surface area contributed by atoms with Gasteiger partial charge in [-0.1, -0.05) is 12.1 Å². The number of aromatic nitrogens is 4. The van der Waals surface area contributed by atoms with Gasteiger partial charge in [-0.05, 0) is 37.6 Å². The second-order valence-electron chi connectivity index (χ2n) is 6.77. The van der Waals surface area contributed by atoms with Gasteiger partial charge in [-0.3, -0.25) is 4.79 Å². The first-order chi connectivity index (χ1) is 13.6. The van der Waals surface area contributed by atoms with E-state index in [9.17, 15) is 4.79 Å². The van der Waals surface area contributed by atoms with Gasteiger partial charge in [0.25, 0.3) is 5.91 Å². The van der Waals surface area contributed by atoms with E-state index in [-0.39, 0.29) is 5.91 Å². The number of benzene rings is 1. The van der Waals surface area contributed by atoms with Crippen molar-refractivity contribution in [3.63, 3.8) is 0 Å². The third-order valence-electron chi connectivity index (χ3n) is 5.14. The number of imidazole rings is 1. The minimum Gasteiger partial charge on any atom is -0.371 e. The van der Waals surface area contributed by atoms with Crippen LogP contribution in [0.1, 0.15) is 24.2 Å². The van der Waals surface area contributed by atoms with Crippen molar-refractivity contribution in [2.45, 2.75) is 13.8 Å². The van der Waals surface area contributed by atoms with E-state index < -0.39 is 0 Å². The predicted octanol–water partition coefficient (Wildman–Crippen LogP) is 3.64. The molecule has 0 saturated heterocycles. The van der Waals surface area contributed by atoms with Gasteiger partial charge in [0.1, 0.15) is 11.2 Å². The third kappa shape index (κ3) is 2.79. The van der Waals surface area contributed by atoms with Crippen molar-refractivity contribution in [2.24, 2.45) is 7.05 Å². The summed E-state index contributed by atoms with van der Waals surface area (Å²) in [4.78, 5) is 27.1. The molecule has 0 spiro atoms. The zero-order chi connectivity index (χ0) is 19.8. The minimum absolute atomic E-state index is 0.0487. The van der Waals surface area contributed by atoms with Crippen molar-refractivity contribution in [3.05, 3.63) is 42.2 Å². The van der Waals surface area contributed by atoms with Gasteiger partial charge in [0, 0.05) is 43.8 Å². The number of hydrogen-bond donors (Lipinski definition) is 2. The van der Waals surface area contributed by atoms with E-state index in [1.54, 1.807) is 6.33 Å². The van der Waals surface area contributed by atoms with Crippen molar-refractivity contribution in [2.75, 3.05) is 25.5 Å². The van der Waals surface area contributed by atoms with Crippen LogP contribution in [0, 0.1) is 0 Å². The lowest BCUT2D eigenvalue weighted by Gasteiger charge is -2.18. The highest BCUT2D eigenvalue weighted by Gasteiger charge is 2.17. The molecule has 4 aromatic rings. The van der Waals surface area contributed by atoms with Crippen molar-refractivity contribution >= 4 is 33.8 Å². The fraction of sp³-hybridized carbons (Fsp3) is 0.286. The highest BCUT2D eigenvalue weighted by molar-refractivity contribution is 6.07. The molecular weight excluding hydrogens is 352 g/mol. The molecule has 1 aromatic carbocycles. The first-order valence-electron chi connectivity index (χ1n) is 9.48. The molecule has 7 heteroatoms. The Labute approximate surface area is 163 Å². The SMILES string of the molecule is CCN(CC)C(=O)c1cccc(-c2cc3c(nc(NC)c4ncn(C)c43)[nH]2)c1. The number of nitrogens with zero attached hydrogens (tertiary/aromatic N) is 4. The van der Waals surface area contributed by atoms with Crippen LogP contribution in [-0.4, -0.2) is 50.5 Å². The zero-order valence-electron chi connectivity index (χ0n) is 16.6. The Morgan fingerprint density at radius 3 is 2.75 bits per heavy atom. The van der Waals surface area contributed by atoms with Gasteiger partial charge >= 0.3 is 0 Å². The summed E-state index contributed by atoms with van der Waals surface area (Å²) in [7, 11) is 3.82. The second-order valence-corrected chi connectivity index (χ2v) is 6.77. The molecule has 0 aliphatic heterocycles. The van der Waals surface area contributed by atoms with E-state index >= 15 is 0 Å².